The predicted octanol–water partition coefficient (Wildman–Crippen LogP) is 3.40. The van der Waals surface area contributed by atoms with E-state index >= 15 is 0 Å². The standard InChI is InChI=1S/C14H24O2Si/c1-14(2,3)17(4,5)16-9-11-8-10-6-7-12(11)13(10)15/h6-7,10-12H,8-9H2,1-5H3/t10-,11-,12+/m0/s1. The highest BCUT2D eigenvalue weighted by Gasteiger charge is 2.45. The summed E-state index contributed by atoms with van der Waals surface area (Å²) in [6.45, 7) is 12.1. The van der Waals surface area contributed by atoms with E-state index in [1.165, 1.54) is 0 Å². The van der Waals surface area contributed by atoms with Crippen molar-refractivity contribution in [2.75, 3.05) is 6.61 Å². The molecule has 2 aliphatic carbocycles. The van der Waals surface area contributed by atoms with Gasteiger partial charge in [0.05, 0.1) is 0 Å². The molecule has 17 heavy (non-hydrogen) atoms. The van der Waals surface area contributed by atoms with E-state index in [9.17, 15) is 4.79 Å². The maximum Gasteiger partial charge on any atom is 0.191 e. The third-order valence-electron chi connectivity index (χ3n) is 4.77. The smallest absolute Gasteiger partial charge is 0.191 e. The minimum Gasteiger partial charge on any atom is -0.417 e. The van der Waals surface area contributed by atoms with E-state index in [0.29, 0.717) is 11.7 Å². The number of allylic oxidation sites excluding steroid dienone is 2. The van der Waals surface area contributed by atoms with Crippen molar-refractivity contribution < 1.29 is 9.22 Å². The average Bonchev–Trinajstić information content (AvgIpc) is 2.70. The van der Waals surface area contributed by atoms with Crippen LogP contribution in [-0.4, -0.2) is 20.7 Å². The van der Waals surface area contributed by atoms with Gasteiger partial charge in [-0.2, -0.15) is 0 Å². The number of hydrogen-bond donors (Lipinski definition) is 0. The van der Waals surface area contributed by atoms with Gasteiger partial charge in [0.25, 0.3) is 0 Å². The van der Waals surface area contributed by atoms with Crippen molar-refractivity contribution >= 4 is 14.1 Å². The molecule has 3 heteroatoms. The molecule has 2 rings (SSSR count). The highest BCUT2D eigenvalue weighted by Crippen LogP contribution is 2.42. The first-order valence-electron chi connectivity index (χ1n) is 6.58. The average molecular weight is 252 g/mol. The van der Waals surface area contributed by atoms with Gasteiger partial charge in [0, 0.05) is 18.4 Å². The normalized spacial score (nSPS) is 32.5. The Kier molecular flexibility index (Phi) is 3.11. The van der Waals surface area contributed by atoms with Gasteiger partial charge in [-0.1, -0.05) is 32.9 Å². The zero-order valence-corrected chi connectivity index (χ0v) is 12.6. The number of carbonyl (C=O) groups excluding carboxylic acids is 1. The fourth-order valence-electron chi connectivity index (χ4n) is 2.45. The summed E-state index contributed by atoms with van der Waals surface area (Å²) >= 11 is 0. The first-order chi connectivity index (χ1) is 7.72. The van der Waals surface area contributed by atoms with Gasteiger partial charge < -0.3 is 4.43 Å². The number of carbonyl (C=O) groups is 1. The lowest BCUT2D eigenvalue weighted by atomic mass is 9.95. The summed E-state index contributed by atoms with van der Waals surface area (Å²) in [7, 11) is -1.66. The topological polar surface area (TPSA) is 26.3 Å². The van der Waals surface area contributed by atoms with Crippen molar-refractivity contribution in [1.29, 1.82) is 0 Å². The second kappa shape index (κ2) is 4.06. The maximum absolute atomic E-state index is 11.8. The highest BCUT2D eigenvalue weighted by molar-refractivity contribution is 6.74. The Hall–Kier alpha value is -0.413. The minimum atomic E-state index is -1.66. The molecule has 0 spiro atoms. The molecule has 0 radical (unpaired) electrons. The first-order valence-corrected chi connectivity index (χ1v) is 9.49. The Morgan fingerprint density at radius 3 is 2.41 bits per heavy atom. The molecule has 0 N–H and O–H groups in total. The van der Waals surface area contributed by atoms with E-state index in [1.807, 2.05) is 0 Å². The van der Waals surface area contributed by atoms with Crippen LogP contribution in [0.15, 0.2) is 12.2 Å². The quantitative estimate of drug-likeness (QED) is 0.568. The Bertz CT molecular complexity index is 352. The van der Waals surface area contributed by atoms with Crippen LogP contribution < -0.4 is 0 Å². The molecule has 0 saturated heterocycles. The lowest BCUT2D eigenvalue weighted by Gasteiger charge is -2.37. The van der Waals surface area contributed by atoms with Crippen LogP contribution in [0.4, 0.5) is 0 Å². The lowest BCUT2D eigenvalue weighted by molar-refractivity contribution is -0.121. The Labute approximate surface area is 106 Å². The van der Waals surface area contributed by atoms with Crippen molar-refractivity contribution in [2.24, 2.45) is 17.8 Å². The maximum atomic E-state index is 11.8. The molecule has 2 bridgehead atoms. The summed E-state index contributed by atoms with van der Waals surface area (Å²) in [5, 5.41) is 0.254. The monoisotopic (exact) mass is 252 g/mol. The molecule has 2 aliphatic rings. The Morgan fingerprint density at radius 2 is 2.00 bits per heavy atom. The molecule has 0 aliphatic heterocycles. The van der Waals surface area contributed by atoms with Crippen LogP contribution in [0.2, 0.25) is 18.1 Å². The van der Waals surface area contributed by atoms with Gasteiger partial charge >= 0.3 is 0 Å². The zero-order valence-electron chi connectivity index (χ0n) is 11.6. The first kappa shape index (κ1) is 13.0. The van der Waals surface area contributed by atoms with E-state index in [0.717, 1.165) is 13.0 Å². The molecule has 0 amide bonds. The molecule has 1 fully saturated rings. The molecule has 3 atom stereocenters. The molecular weight excluding hydrogens is 228 g/mol. The van der Waals surface area contributed by atoms with E-state index < -0.39 is 8.32 Å². The molecule has 0 aromatic rings. The van der Waals surface area contributed by atoms with Crippen LogP contribution in [-0.2, 0) is 9.22 Å². The van der Waals surface area contributed by atoms with Gasteiger partial charge in [-0.15, -0.1) is 0 Å². The Morgan fingerprint density at radius 1 is 1.35 bits per heavy atom. The highest BCUT2D eigenvalue weighted by atomic mass is 28.4. The third-order valence-corrected chi connectivity index (χ3v) is 9.27. The van der Waals surface area contributed by atoms with Crippen molar-refractivity contribution in [3.8, 4) is 0 Å². The molecule has 0 aromatic heterocycles. The molecule has 96 valence electrons. The van der Waals surface area contributed by atoms with Crippen LogP contribution in [0.3, 0.4) is 0 Å². The van der Waals surface area contributed by atoms with Crippen molar-refractivity contribution in [1.82, 2.24) is 0 Å². The summed E-state index contributed by atoms with van der Waals surface area (Å²) < 4.78 is 6.23. The van der Waals surface area contributed by atoms with Crippen LogP contribution in [0.25, 0.3) is 0 Å². The summed E-state index contributed by atoms with van der Waals surface area (Å²) in [4.78, 5) is 11.8. The van der Waals surface area contributed by atoms with Crippen LogP contribution in [0.5, 0.6) is 0 Å². The SMILES string of the molecule is CC(C)(C)[Si](C)(C)OC[C@@H]1C[C@@H]2C=C[C@H]1C2=O. The zero-order chi connectivity index (χ0) is 12.8. The summed E-state index contributed by atoms with van der Waals surface area (Å²) in [6, 6.07) is 0. The molecule has 0 heterocycles. The van der Waals surface area contributed by atoms with Gasteiger partial charge in [0.15, 0.2) is 8.32 Å². The van der Waals surface area contributed by atoms with E-state index in [2.05, 4.69) is 46.0 Å². The second-order valence-corrected chi connectivity index (χ2v) is 11.8. The van der Waals surface area contributed by atoms with Crippen LogP contribution >= 0.6 is 0 Å². The number of Topliss-reactive ketones (excluding diaryl/α,β-unsaturated/α-hetero) is 1. The number of hydrogen-bond acceptors (Lipinski definition) is 2. The number of fused-ring (bicyclic) bond motifs is 2. The number of rotatable bonds is 3. The van der Waals surface area contributed by atoms with E-state index in [-0.39, 0.29) is 16.9 Å². The largest absolute Gasteiger partial charge is 0.417 e. The van der Waals surface area contributed by atoms with Crippen LogP contribution in [0, 0.1) is 17.8 Å². The third kappa shape index (κ3) is 2.27. The molecule has 0 aromatic carbocycles. The Balaban J connectivity index is 1.93. The van der Waals surface area contributed by atoms with Crippen LogP contribution in [0.1, 0.15) is 27.2 Å². The minimum absolute atomic E-state index is 0.157. The molecule has 0 unspecified atom stereocenters. The van der Waals surface area contributed by atoms with Gasteiger partial charge in [0.2, 0.25) is 0 Å². The van der Waals surface area contributed by atoms with Gasteiger partial charge in [-0.05, 0) is 30.5 Å². The van der Waals surface area contributed by atoms with Crippen molar-refractivity contribution in [2.45, 2.75) is 45.3 Å². The summed E-state index contributed by atoms with van der Waals surface area (Å²) in [6.07, 6.45) is 5.18. The molecular formula is C14H24O2Si. The van der Waals surface area contributed by atoms with Gasteiger partial charge in [-0.25, -0.2) is 0 Å². The lowest BCUT2D eigenvalue weighted by Crippen LogP contribution is -2.42. The predicted molar refractivity (Wildman–Crippen MR) is 72.4 cm³/mol. The fraction of sp³-hybridized carbons (Fsp3) is 0.786. The second-order valence-electron chi connectivity index (χ2n) is 6.99. The summed E-state index contributed by atoms with van der Waals surface area (Å²) in [5.74, 6) is 1.22. The van der Waals surface area contributed by atoms with E-state index in [1.54, 1.807) is 0 Å². The van der Waals surface area contributed by atoms with Crippen molar-refractivity contribution in [3.05, 3.63) is 12.2 Å². The molecule has 2 nitrogen and oxygen atoms in total. The van der Waals surface area contributed by atoms with E-state index in [4.69, 9.17) is 4.43 Å². The number of ketones is 1. The molecule has 1 saturated carbocycles. The van der Waals surface area contributed by atoms with Gasteiger partial charge in [-0.3, -0.25) is 4.79 Å². The fourth-order valence-corrected chi connectivity index (χ4v) is 3.51. The summed E-state index contributed by atoms with van der Waals surface area (Å²) in [5.41, 5.74) is 0. The van der Waals surface area contributed by atoms with Crippen molar-refractivity contribution in [3.63, 3.8) is 0 Å². The van der Waals surface area contributed by atoms with Gasteiger partial charge in [0.1, 0.15) is 5.78 Å².